The Morgan fingerprint density at radius 2 is 1.77 bits per heavy atom. The van der Waals surface area contributed by atoms with Crippen LogP contribution in [0.5, 0.6) is 0 Å². The summed E-state index contributed by atoms with van der Waals surface area (Å²) < 4.78 is 2.09. The zero-order valence-electron chi connectivity index (χ0n) is 15.1. The number of benzene rings is 2. The second-order valence-corrected chi connectivity index (χ2v) is 6.84. The Labute approximate surface area is 153 Å². The molecule has 0 aliphatic rings. The standard InChI is InChI=1S/C23H22N2O/c1-16(2)22-20(13-8-14-26)21(17-9-4-3-5-10-17)23-19-12-7-6-11-18(19)15-24-25(22)23/h3-12,14-16,26H,13H2,1-2H3/b14-8+. The van der Waals surface area contributed by atoms with Gasteiger partial charge in [0.25, 0.3) is 0 Å². The minimum atomic E-state index is 0.315. The van der Waals surface area contributed by atoms with Gasteiger partial charge in [0.2, 0.25) is 0 Å². The Balaban J connectivity index is 2.21. The molecule has 0 bridgehead atoms. The molecule has 0 spiro atoms. The fourth-order valence-electron chi connectivity index (χ4n) is 3.83. The van der Waals surface area contributed by atoms with Gasteiger partial charge in [0.05, 0.1) is 18.0 Å². The van der Waals surface area contributed by atoms with Crippen LogP contribution in [0.25, 0.3) is 27.4 Å². The first-order valence-corrected chi connectivity index (χ1v) is 8.98. The van der Waals surface area contributed by atoms with Crippen molar-refractivity contribution in [2.24, 2.45) is 0 Å². The zero-order valence-corrected chi connectivity index (χ0v) is 15.1. The number of allylic oxidation sites excluding steroid dienone is 1. The SMILES string of the molecule is CC(C)c1c(C/C=C/O)c(-c2ccccc2)c2c3ccccc3cnn12. The van der Waals surface area contributed by atoms with Gasteiger partial charge in [-0.25, -0.2) is 4.52 Å². The molecule has 130 valence electrons. The van der Waals surface area contributed by atoms with Crippen molar-refractivity contribution in [3.05, 3.63) is 84.4 Å². The number of nitrogens with zero attached hydrogens (tertiary/aromatic N) is 2. The van der Waals surface area contributed by atoms with Gasteiger partial charge in [-0.2, -0.15) is 5.10 Å². The van der Waals surface area contributed by atoms with Crippen LogP contribution in [-0.2, 0) is 6.42 Å². The second-order valence-electron chi connectivity index (χ2n) is 6.84. The first-order chi connectivity index (χ1) is 12.7. The first kappa shape index (κ1) is 16.4. The molecule has 4 aromatic rings. The summed E-state index contributed by atoms with van der Waals surface area (Å²) >= 11 is 0. The van der Waals surface area contributed by atoms with E-state index >= 15 is 0 Å². The first-order valence-electron chi connectivity index (χ1n) is 8.98. The number of hydrogen-bond acceptors (Lipinski definition) is 2. The summed E-state index contributed by atoms with van der Waals surface area (Å²) in [5.41, 5.74) is 5.94. The monoisotopic (exact) mass is 342 g/mol. The van der Waals surface area contributed by atoms with E-state index in [0.717, 1.165) is 17.2 Å². The molecular formula is C23H22N2O. The molecule has 0 aliphatic carbocycles. The lowest BCUT2D eigenvalue weighted by atomic mass is 9.94. The molecule has 0 amide bonds. The molecule has 3 heteroatoms. The molecule has 2 aromatic heterocycles. The summed E-state index contributed by atoms with van der Waals surface area (Å²) in [6.45, 7) is 4.39. The van der Waals surface area contributed by atoms with Gasteiger partial charge in [-0.1, -0.05) is 68.4 Å². The number of aliphatic hydroxyl groups excluding tert-OH is 1. The molecule has 26 heavy (non-hydrogen) atoms. The minimum Gasteiger partial charge on any atom is -0.516 e. The van der Waals surface area contributed by atoms with Crippen LogP contribution in [0, 0.1) is 0 Å². The Kier molecular flexibility index (Phi) is 4.21. The van der Waals surface area contributed by atoms with E-state index in [1.165, 1.54) is 27.8 Å². The average Bonchev–Trinajstić information content (AvgIpc) is 3.01. The molecule has 0 unspecified atom stereocenters. The topological polar surface area (TPSA) is 37.5 Å². The lowest BCUT2D eigenvalue weighted by Gasteiger charge is -2.09. The van der Waals surface area contributed by atoms with Crippen molar-refractivity contribution in [2.75, 3.05) is 0 Å². The highest BCUT2D eigenvalue weighted by molar-refractivity contribution is 6.04. The van der Waals surface area contributed by atoms with E-state index in [0.29, 0.717) is 12.3 Å². The molecule has 0 atom stereocenters. The number of fused-ring (bicyclic) bond motifs is 3. The molecule has 2 heterocycles. The molecule has 0 saturated heterocycles. The molecule has 0 aliphatic heterocycles. The predicted molar refractivity (Wildman–Crippen MR) is 108 cm³/mol. The lowest BCUT2D eigenvalue weighted by Crippen LogP contribution is -2.01. The van der Waals surface area contributed by atoms with Gasteiger partial charge in [0.15, 0.2) is 0 Å². The summed E-state index contributed by atoms with van der Waals surface area (Å²) in [4.78, 5) is 0. The summed E-state index contributed by atoms with van der Waals surface area (Å²) in [5.74, 6) is 0.315. The van der Waals surface area contributed by atoms with E-state index in [1.54, 1.807) is 6.08 Å². The average molecular weight is 342 g/mol. The third kappa shape index (κ3) is 2.57. The van der Waals surface area contributed by atoms with Crippen molar-refractivity contribution in [3.8, 4) is 11.1 Å². The van der Waals surface area contributed by atoms with Crippen LogP contribution >= 0.6 is 0 Å². The van der Waals surface area contributed by atoms with Crippen molar-refractivity contribution in [2.45, 2.75) is 26.2 Å². The maximum atomic E-state index is 9.26. The van der Waals surface area contributed by atoms with E-state index in [4.69, 9.17) is 5.10 Å². The van der Waals surface area contributed by atoms with E-state index in [1.807, 2.05) is 18.3 Å². The number of hydrogen-bond donors (Lipinski definition) is 1. The van der Waals surface area contributed by atoms with E-state index in [2.05, 4.69) is 60.8 Å². The van der Waals surface area contributed by atoms with Crippen LogP contribution in [0.3, 0.4) is 0 Å². The Morgan fingerprint density at radius 1 is 1.04 bits per heavy atom. The highest BCUT2D eigenvalue weighted by atomic mass is 16.2. The molecule has 4 rings (SSSR count). The molecule has 1 N–H and O–H groups in total. The van der Waals surface area contributed by atoms with Crippen LogP contribution in [0.1, 0.15) is 31.0 Å². The van der Waals surface area contributed by atoms with Crippen molar-refractivity contribution in [1.29, 1.82) is 0 Å². The molecule has 0 saturated carbocycles. The van der Waals surface area contributed by atoms with Crippen molar-refractivity contribution >= 4 is 16.3 Å². The maximum absolute atomic E-state index is 9.26. The van der Waals surface area contributed by atoms with Gasteiger partial charge in [0, 0.05) is 22.0 Å². The van der Waals surface area contributed by atoms with Crippen LogP contribution in [0.4, 0.5) is 0 Å². The lowest BCUT2D eigenvalue weighted by molar-refractivity contribution is 0.471. The van der Waals surface area contributed by atoms with Crippen LogP contribution < -0.4 is 0 Å². The molecule has 0 fully saturated rings. The summed E-state index contributed by atoms with van der Waals surface area (Å²) in [7, 11) is 0. The highest BCUT2D eigenvalue weighted by Gasteiger charge is 2.23. The minimum absolute atomic E-state index is 0.315. The second kappa shape index (κ2) is 6.68. The number of aliphatic hydroxyl groups is 1. The Bertz CT molecular complexity index is 1090. The normalized spacial score (nSPS) is 12.0. The highest BCUT2D eigenvalue weighted by Crippen LogP contribution is 2.39. The van der Waals surface area contributed by atoms with E-state index in [9.17, 15) is 5.11 Å². The van der Waals surface area contributed by atoms with E-state index in [-0.39, 0.29) is 0 Å². The third-order valence-electron chi connectivity index (χ3n) is 4.85. The molecule has 2 aromatic carbocycles. The van der Waals surface area contributed by atoms with Crippen LogP contribution in [-0.4, -0.2) is 14.7 Å². The number of aromatic nitrogens is 2. The van der Waals surface area contributed by atoms with Crippen molar-refractivity contribution < 1.29 is 5.11 Å². The van der Waals surface area contributed by atoms with Crippen LogP contribution in [0.2, 0.25) is 0 Å². The largest absolute Gasteiger partial charge is 0.516 e. The third-order valence-corrected chi connectivity index (χ3v) is 4.85. The fourth-order valence-corrected chi connectivity index (χ4v) is 3.83. The fraction of sp³-hybridized carbons (Fsp3) is 0.174. The molecule has 3 nitrogen and oxygen atoms in total. The van der Waals surface area contributed by atoms with Crippen molar-refractivity contribution in [1.82, 2.24) is 9.61 Å². The van der Waals surface area contributed by atoms with Crippen LogP contribution in [0.15, 0.2) is 73.1 Å². The van der Waals surface area contributed by atoms with E-state index < -0.39 is 0 Å². The summed E-state index contributed by atoms with van der Waals surface area (Å²) in [6, 6.07) is 18.9. The van der Waals surface area contributed by atoms with Gasteiger partial charge < -0.3 is 5.11 Å². The predicted octanol–water partition coefficient (Wildman–Crippen LogP) is 5.89. The molecule has 0 radical (unpaired) electrons. The van der Waals surface area contributed by atoms with Gasteiger partial charge in [-0.15, -0.1) is 0 Å². The van der Waals surface area contributed by atoms with Gasteiger partial charge in [0.1, 0.15) is 0 Å². The Morgan fingerprint density at radius 3 is 2.50 bits per heavy atom. The quantitative estimate of drug-likeness (QED) is 0.469. The molecular weight excluding hydrogens is 320 g/mol. The smallest absolute Gasteiger partial charge is 0.0809 e. The zero-order chi connectivity index (χ0) is 18.1. The summed E-state index contributed by atoms with van der Waals surface area (Å²) in [5, 5.41) is 16.4. The maximum Gasteiger partial charge on any atom is 0.0809 e. The Hall–Kier alpha value is -3.07. The summed E-state index contributed by atoms with van der Waals surface area (Å²) in [6.07, 6.45) is 5.54. The van der Waals surface area contributed by atoms with Gasteiger partial charge in [-0.3, -0.25) is 0 Å². The van der Waals surface area contributed by atoms with Crippen molar-refractivity contribution in [3.63, 3.8) is 0 Å². The van der Waals surface area contributed by atoms with Gasteiger partial charge in [-0.05, 0) is 29.5 Å². The number of rotatable bonds is 4. The van der Waals surface area contributed by atoms with Gasteiger partial charge >= 0.3 is 0 Å².